The molecule has 0 aliphatic carbocycles. The lowest BCUT2D eigenvalue weighted by molar-refractivity contribution is 0.138. The average Bonchev–Trinajstić information content (AvgIpc) is 2.21. The molecule has 1 aromatic heterocycles. The molecule has 1 heterocycles. The van der Waals surface area contributed by atoms with Crippen molar-refractivity contribution >= 4 is 5.82 Å². The molecule has 1 rings (SSSR count). The van der Waals surface area contributed by atoms with Crippen LogP contribution in [0.1, 0.15) is 25.5 Å². The van der Waals surface area contributed by atoms with Crippen molar-refractivity contribution < 1.29 is 0 Å². The highest BCUT2D eigenvalue weighted by atomic mass is 15.3. The fourth-order valence-corrected chi connectivity index (χ4v) is 1.61. The molecule has 5 N–H and O–H groups in total. The number of anilines is 1. The first-order valence-corrected chi connectivity index (χ1v) is 5.25. The van der Waals surface area contributed by atoms with E-state index in [1.165, 1.54) is 0 Å². The van der Waals surface area contributed by atoms with E-state index in [-0.39, 0.29) is 11.6 Å². The van der Waals surface area contributed by atoms with Crippen molar-refractivity contribution in [3.8, 4) is 0 Å². The molecule has 0 bridgehead atoms. The van der Waals surface area contributed by atoms with Crippen LogP contribution in [-0.2, 0) is 0 Å². The van der Waals surface area contributed by atoms with E-state index in [4.69, 9.17) is 11.6 Å². The summed E-state index contributed by atoms with van der Waals surface area (Å²) in [4.78, 5) is 6.19. The third-order valence-corrected chi connectivity index (χ3v) is 3.21. The molecule has 1 unspecified atom stereocenters. The molecule has 5 heteroatoms. The van der Waals surface area contributed by atoms with Gasteiger partial charge in [-0.3, -0.25) is 11.3 Å². The predicted octanol–water partition coefficient (Wildman–Crippen LogP) is 0.508. The van der Waals surface area contributed by atoms with Crippen LogP contribution in [0.25, 0.3) is 0 Å². The van der Waals surface area contributed by atoms with Crippen molar-refractivity contribution in [1.29, 1.82) is 0 Å². The highest BCUT2D eigenvalue weighted by Gasteiger charge is 2.33. The van der Waals surface area contributed by atoms with Gasteiger partial charge in [-0.1, -0.05) is 6.07 Å². The molecular formula is C11H21N5. The van der Waals surface area contributed by atoms with Crippen LogP contribution < -0.4 is 17.0 Å². The Morgan fingerprint density at radius 2 is 2.06 bits per heavy atom. The summed E-state index contributed by atoms with van der Waals surface area (Å²) < 4.78 is 0. The van der Waals surface area contributed by atoms with Crippen LogP contribution >= 0.6 is 0 Å². The lowest BCUT2D eigenvalue weighted by atomic mass is 9.88. The SMILES string of the molecule is CN(C)C(C)(C)C(NN)c1cccnc1N. The normalized spacial score (nSPS) is 14.1. The first-order chi connectivity index (χ1) is 7.41. The van der Waals surface area contributed by atoms with E-state index >= 15 is 0 Å². The Balaban J connectivity index is 3.13. The van der Waals surface area contributed by atoms with Crippen LogP contribution in [-0.4, -0.2) is 29.5 Å². The van der Waals surface area contributed by atoms with E-state index in [1.54, 1.807) is 6.20 Å². The maximum Gasteiger partial charge on any atom is 0.128 e. The fourth-order valence-electron chi connectivity index (χ4n) is 1.61. The predicted molar refractivity (Wildman–Crippen MR) is 66.5 cm³/mol. The van der Waals surface area contributed by atoms with Gasteiger partial charge in [0.1, 0.15) is 5.82 Å². The second-order valence-corrected chi connectivity index (χ2v) is 4.63. The number of nitrogens with two attached hydrogens (primary N) is 2. The number of aromatic nitrogens is 1. The van der Waals surface area contributed by atoms with Crippen molar-refractivity contribution in [3.05, 3.63) is 23.9 Å². The Kier molecular flexibility index (Phi) is 3.85. The van der Waals surface area contributed by atoms with Crippen LogP contribution in [0.15, 0.2) is 18.3 Å². The summed E-state index contributed by atoms with van der Waals surface area (Å²) in [6.07, 6.45) is 1.68. The molecule has 90 valence electrons. The van der Waals surface area contributed by atoms with Gasteiger partial charge in [0.2, 0.25) is 0 Å². The van der Waals surface area contributed by atoms with Gasteiger partial charge in [0.15, 0.2) is 0 Å². The topological polar surface area (TPSA) is 80.2 Å². The second-order valence-electron chi connectivity index (χ2n) is 4.63. The number of hydrogen-bond acceptors (Lipinski definition) is 5. The van der Waals surface area contributed by atoms with Gasteiger partial charge in [0.05, 0.1) is 6.04 Å². The molecule has 0 radical (unpaired) electrons. The summed E-state index contributed by atoms with van der Waals surface area (Å²) in [5.74, 6) is 6.15. The summed E-state index contributed by atoms with van der Waals surface area (Å²) >= 11 is 0. The Morgan fingerprint density at radius 1 is 1.44 bits per heavy atom. The van der Waals surface area contributed by atoms with Crippen molar-refractivity contribution in [2.75, 3.05) is 19.8 Å². The minimum Gasteiger partial charge on any atom is -0.383 e. The highest BCUT2D eigenvalue weighted by molar-refractivity contribution is 5.42. The van der Waals surface area contributed by atoms with Gasteiger partial charge >= 0.3 is 0 Å². The monoisotopic (exact) mass is 223 g/mol. The lowest BCUT2D eigenvalue weighted by Gasteiger charge is -2.40. The molecule has 0 aliphatic rings. The van der Waals surface area contributed by atoms with E-state index < -0.39 is 0 Å². The van der Waals surface area contributed by atoms with E-state index in [9.17, 15) is 0 Å². The van der Waals surface area contributed by atoms with E-state index in [0.29, 0.717) is 5.82 Å². The van der Waals surface area contributed by atoms with Crippen molar-refractivity contribution in [2.24, 2.45) is 5.84 Å². The Morgan fingerprint density at radius 3 is 2.50 bits per heavy atom. The van der Waals surface area contributed by atoms with Gasteiger partial charge in [-0.2, -0.15) is 0 Å². The summed E-state index contributed by atoms with van der Waals surface area (Å²) in [5.41, 5.74) is 9.45. The van der Waals surface area contributed by atoms with Crippen molar-refractivity contribution in [3.63, 3.8) is 0 Å². The number of nitrogen functional groups attached to an aromatic ring is 1. The highest BCUT2D eigenvalue weighted by Crippen LogP contribution is 2.30. The van der Waals surface area contributed by atoms with E-state index in [0.717, 1.165) is 5.56 Å². The minimum absolute atomic E-state index is 0.0730. The van der Waals surface area contributed by atoms with Gasteiger partial charge in [-0.15, -0.1) is 0 Å². The van der Waals surface area contributed by atoms with Crippen LogP contribution in [0.4, 0.5) is 5.82 Å². The molecule has 0 saturated heterocycles. The molecule has 5 nitrogen and oxygen atoms in total. The van der Waals surface area contributed by atoms with Gasteiger partial charge in [0, 0.05) is 17.3 Å². The zero-order valence-electron chi connectivity index (χ0n) is 10.4. The molecule has 0 amide bonds. The Bertz CT molecular complexity index is 348. The maximum absolute atomic E-state index is 5.87. The summed E-state index contributed by atoms with van der Waals surface area (Å²) in [5, 5.41) is 0. The zero-order valence-corrected chi connectivity index (χ0v) is 10.4. The smallest absolute Gasteiger partial charge is 0.128 e. The first-order valence-electron chi connectivity index (χ1n) is 5.25. The van der Waals surface area contributed by atoms with E-state index in [2.05, 4.69) is 29.2 Å². The van der Waals surface area contributed by atoms with Gasteiger partial charge < -0.3 is 10.6 Å². The maximum atomic E-state index is 5.87. The van der Waals surface area contributed by atoms with Gasteiger partial charge in [-0.25, -0.2) is 4.98 Å². The van der Waals surface area contributed by atoms with Gasteiger partial charge in [-0.05, 0) is 34.0 Å². The molecule has 1 aromatic rings. The quantitative estimate of drug-likeness (QED) is 0.512. The number of likely N-dealkylation sites (N-methyl/N-ethyl adjacent to an activating group) is 1. The molecule has 0 spiro atoms. The third kappa shape index (κ3) is 2.32. The van der Waals surface area contributed by atoms with Crippen LogP contribution in [0.5, 0.6) is 0 Å². The number of rotatable bonds is 4. The average molecular weight is 223 g/mol. The molecule has 0 aliphatic heterocycles. The number of nitrogens with one attached hydrogen (secondary N) is 1. The van der Waals surface area contributed by atoms with Crippen LogP contribution in [0.2, 0.25) is 0 Å². The molecule has 0 fully saturated rings. The first kappa shape index (κ1) is 12.9. The third-order valence-electron chi connectivity index (χ3n) is 3.21. The molecule has 1 atom stereocenters. The molecular weight excluding hydrogens is 202 g/mol. The van der Waals surface area contributed by atoms with Crippen molar-refractivity contribution in [2.45, 2.75) is 25.4 Å². The Hall–Kier alpha value is -1.17. The number of hydrazine groups is 1. The Labute approximate surface area is 96.8 Å². The van der Waals surface area contributed by atoms with E-state index in [1.807, 2.05) is 26.2 Å². The number of pyridine rings is 1. The second kappa shape index (κ2) is 4.78. The fraction of sp³-hybridized carbons (Fsp3) is 0.545. The number of hydrogen-bond donors (Lipinski definition) is 3. The minimum atomic E-state index is -0.161. The zero-order chi connectivity index (χ0) is 12.3. The number of nitrogens with zero attached hydrogens (tertiary/aromatic N) is 2. The molecule has 16 heavy (non-hydrogen) atoms. The lowest BCUT2D eigenvalue weighted by Crippen LogP contribution is -2.51. The standard InChI is InChI=1S/C11H21N5/c1-11(2,16(3)4)9(15-13)8-6-5-7-14-10(8)12/h5-7,9,15H,13H2,1-4H3,(H2,12,14). The molecule has 0 aromatic carbocycles. The van der Waals surface area contributed by atoms with Crippen LogP contribution in [0, 0.1) is 0 Å². The largest absolute Gasteiger partial charge is 0.383 e. The summed E-state index contributed by atoms with van der Waals surface area (Å²) in [6, 6.07) is 3.73. The van der Waals surface area contributed by atoms with Crippen LogP contribution in [0.3, 0.4) is 0 Å². The summed E-state index contributed by atoms with van der Waals surface area (Å²) in [6.45, 7) is 4.20. The van der Waals surface area contributed by atoms with Crippen molar-refractivity contribution in [1.82, 2.24) is 15.3 Å². The molecule has 0 saturated carbocycles. The van der Waals surface area contributed by atoms with Gasteiger partial charge in [0.25, 0.3) is 0 Å². The summed E-state index contributed by atoms with van der Waals surface area (Å²) in [7, 11) is 4.02.